The third-order valence-corrected chi connectivity index (χ3v) is 3.18. The molecule has 1 fully saturated rings. The topological polar surface area (TPSA) is 15.3 Å². The monoisotopic (exact) mass is 204 g/mol. The molecule has 0 aromatic heterocycles. The molecular weight excluding hydrogens is 184 g/mol. The number of hydrogen-bond donors (Lipinski definition) is 1. The molecule has 1 saturated heterocycles. The van der Waals surface area contributed by atoms with E-state index in [2.05, 4.69) is 49.3 Å². The van der Waals surface area contributed by atoms with Gasteiger partial charge in [-0.2, -0.15) is 0 Å². The summed E-state index contributed by atoms with van der Waals surface area (Å²) in [5.74, 6) is 0. The van der Waals surface area contributed by atoms with E-state index >= 15 is 0 Å². The quantitative estimate of drug-likeness (QED) is 0.751. The molecule has 0 aliphatic carbocycles. The van der Waals surface area contributed by atoms with Crippen molar-refractivity contribution in [2.45, 2.75) is 19.9 Å². The van der Waals surface area contributed by atoms with Crippen molar-refractivity contribution in [1.82, 2.24) is 10.2 Å². The molecule has 1 aromatic carbocycles. The van der Waals surface area contributed by atoms with Crippen molar-refractivity contribution in [3.63, 3.8) is 0 Å². The van der Waals surface area contributed by atoms with Crippen molar-refractivity contribution >= 4 is 0 Å². The number of rotatable bonds is 1. The minimum atomic E-state index is 0.504. The van der Waals surface area contributed by atoms with E-state index in [1.807, 2.05) is 0 Å². The van der Waals surface area contributed by atoms with Gasteiger partial charge in [0.25, 0.3) is 0 Å². The molecule has 1 heterocycles. The second-order valence-corrected chi connectivity index (χ2v) is 4.63. The highest BCUT2D eigenvalue weighted by molar-refractivity contribution is 5.33. The summed E-state index contributed by atoms with van der Waals surface area (Å²) in [6, 6.07) is 7.25. The lowest BCUT2D eigenvalue weighted by Crippen LogP contribution is -2.43. The standard InChI is InChI=1S/C13H20N2/c1-10-4-5-12(11(2)8-10)13-9-15(3)7-6-14-13/h4-5,8,13-14H,6-7,9H2,1-3H3. The summed E-state index contributed by atoms with van der Waals surface area (Å²) < 4.78 is 0. The first-order valence-corrected chi connectivity index (χ1v) is 5.66. The van der Waals surface area contributed by atoms with Gasteiger partial charge in [0, 0.05) is 25.7 Å². The van der Waals surface area contributed by atoms with Crippen LogP contribution >= 0.6 is 0 Å². The Morgan fingerprint density at radius 2 is 2.13 bits per heavy atom. The molecule has 1 aromatic rings. The third-order valence-electron chi connectivity index (χ3n) is 3.18. The maximum atomic E-state index is 3.58. The average molecular weight is 204 g/mol. The molecule has 0 amide bonds. The molecule has 2 rings (SSSR count). The van der Waals surface area contributed by atoms with Crippen LogP contribution in [-0.2, 0) is 0 Å². The predicted molar refractivity (Wildman–Crippen MR) is 64.2 cm³/mol. The van der Waals surface area contributed by atoms with E-state index in [0.717, 1.165) is 19.6 Å². The fourth-order valence-electron chi connectivity index (χ4n) is 2.32. The van der Waals surface area contributed by atoms with E-state index in [1.54, 1.807) is 0 Å². The van der Waals surface area contributed by atoms with Gasteiger partial charge in [-0.15, -0.1) is 0 Å². The van der Waals surface area contributed by atoms with Crippen LogP contribution in [-0.4, -0.2) is 31.6 Å². The van der Waals surface area contributed by atoms with Crippen LogP contribution in [0.5, 0.6) is 0 Å². The van der Waals surface area contributed by atoms with Crippen molar-refractivity contribution in [3.05, 3.63) is 34.9 Å². The summed E-state index contributed by atoms with van der Waals surface area (Å²) in [5, 5.41) is 3.58. The van der Waals surface area contributed by atoms with Gasteiger partial charge in [0.2, 0.25) is 0 Å². The van der Waals surface area contributed by atoms with Crippen molar-refractivity contribution in [3.8, 4) is 0 Å². The molecule has 1 N–H and O–H groups in total. The molecule has 0 spiro atoms. The largest absolute Gasteiger partial charge is 0.308 e. The lowest BCUT2D eigenvalue weighted by atomic mass is 9.98. The lowest BCUT2D eigenvalue weighted by Gasteiger charge is -2.32. The Morgan fingerprint density at radius 3 is 2.80 bits per heavy atom. The zero-order valence-corrected chi connectivity index (χ0v) is 9.88. The van der Waals surface area contributed by atoms with Gasteiger partial charge in [0.15, 0.2) is 0 Å². The highest BCUT2D eigenvalue weighted by atomic mass is 15.2. The highest BCUT2D eigenvalue weighted by Gasteiger charge is 2.19. The minimum Gasteiger partial charge on any atom is -0.308 e. The lowest BCUT2D eigenvalue weighted by molar-refractivity contribution is 0.240. The number of likely N-dealkylation sites (N-methyl/N-ethyl adjacent to an activating group) is 1. The number of hydrogen-bond acceptors (Lipinski definition) is 2. The predicted octanol–water partition coefficient (Wildman–Crippen LogP) is 1.88. The van der Waals surface area contributed by atoms with Crippen LogP contribution in [0.4, 0.5) is 0 Å². The smallest absolute Gasteiger partial charge is 0.0452 e. The second kappa shape index (κ2) is 4.33. The van der Waals surface area contributed by atoms with Crippen molar-refractivity contribution in [1.29, 1.82) is 0 Å². The van der Waals surface area contributed by atoms with Gasteiger partial charge in [-0.3, -0.25) is 0 Å². The van der Waals surface area contributed by atoms with E-state index in [4.69, 9.17) is 0 Å². The molecule has 0 bridgehead atoms. The zero-order valence-electron chi connectivity index (χ0n) is 9.88. The third kappa shape index (κ3) is 2.39. The molecule has 2 heteroatoms. The molecule has 1 atom stereocenters. The molecule has 1 unspecified atom stereocenters. The molecule has 1 aliphatic heterocycles. The molecule has 1 aliphatic rings. The Morgan fingerprint density at radius 1 is 1.33 bits per heavy atom. The average Bonchev–Trinajstić information content (AvgIpc) is 2.17. The van der Waals surface area contributed by atoms with Crippen LogP contribution in [0.15, 0.2) is 18.2 Å². The van der Waals surface area contributed by atoms with Crippen LogP contribution in [0, 0.1) is 13.8 Å². The summed E-state index contributed by atoms with van der Waals surface area (Å²) in [7, 11) is 2.19. The van der Waals surface area contributed by atoms with E-state index in [1.165, 1.54) is 16.7 Å². The number of benzene rings is 1. The van der Waals surface area contributed by atoms with E-state index < -0.39 is 0 Å². The fraction of sp³-hybridized carbons (Fsp3) is 0.538. The van der Waals surface area contributed by atoms with Crippen molar-refractivity contribution in [2.75, 3.05) is 26.7 Å². The van der Waals surface area contributed by atoms with Crippen LogP contribution < -0.4 is 5.32 Å². The first kappa shape index (κ1) is 10.7. The van der Waals surface area contributed by atoms with E-state index in [9.17, 15) is 0 Å². The summed E-state index contributed by atoms with van der Waals surface area (Å²) in [6.07, 6.45) is 0. The Kier molecular flexibility index (Phi) is 3.08. The van der Waals surface area contributed by atoms with Gasteiger partial charge in [-0.05, 0) is 32.0 Å². The van der Waals surface area contributed by atoms with Gasteiger partial charge in [-0.1, -0.05) is 23.8 Å². The summed E-state index contributed by atoms with van der Waals surface area (Å²) in [4.78, 5) is 2.39. The first-order valence-electron chi connectivity index (χ1n) is 5.66. The number of nitrogens with zero attached hydrogens (tertiary/aromatic N) is 1. The van der Waals surface area contributed by atoms with Crippen LogP contribution in [0.25, 0.3) is 0 Å². The van der Waals surface area contributed by atoms with Crippen molar-refractivity contribution < 1.29 is 0 Å². The molecule has 0 radical (unpaired) electrons. The first-order chi connectivity index (χ1) is 7.16. The number of piperazine rings is 1. The van der Waals surface area contributed by atoms with Crippen LogP contribution in [0.3, 0.4) is 0 Å². The number of nitrogens with one attached hydrogen (secondary N) is 1. The SMILES string of the molecule is Cc1ccc(C2CN(C)CCN2)c(C)c1. The van der Waals surface area contributed by atoms with Crippen LogP contribution in [0.2, 0.25) is 0 Å². The summed E-state index contributed by atoms with van der Waals surface area (Å²) in [6.45, 7) is 7.72. The molecule has 82 valence electrons. The summed E-state index contributed by atoms with van der Waals surface area (Å²) in [5.41, 5.74) is 4.20. The Hall–Kier alpha value is -0.860. The van der Waals surface area contributed by atoms with Gasteiger partial charge in [-0.25, -0.2) is 0 Å². The van der Waals surface area contributed by atoms with Gasteiger partial charge in [0.1, 0.15) is 0 Å². The Balaban J connectivity index is 2.21. The molecular formula is C13H20N2. The highest BCUT2D eigenvalue weighted by Crippen LogP contribution is 2.21. The van der Waals surface area contributed by atoms with Crippen molar-refractivity contribution in [2.24, 2.45) is 0 Å². The Bertz CT molecular complexity index is 346. The molecule has 15 heavy (non-hydrogen) atoms. The van der Waals surface area contributed by atoms with E-state index in [0.29, 0.717) is 6.04 Å². The zero-order chi connectivity index (χ0) is 10.8. The normalized spacial score (nSPS) is 23.0. The van der Waals surface area contributed by atoms with Crippen LogP contribution in [0.1, 0.15) is 22.7 Å². The van der Waals surface area contributed by atoms with E-state index in [-0.39, 0.29) is 0 Å². The Labute approximate surface area is 92.3 Å². The molecule has 0 saturated carbocycles. The maximum Gasteiger partial charge on any atom is 0.0452 e. The number of aryl methyl sites for hydroxylation is 2. The second-order valence-electron chi connectivity index (χ2n) is 4.63. The fourth-order valence-corrected chi connectivity index (χ4v) is 2.32. The van der Waals surface area contributed by atoms with Gasteiger partial charge < -0.3 is 10.2 Å². The summed E-state index contributed by atoms with van der Waals surface area (Å²) >= 11 is 0. The molecule has 2 nitrogen and oxygen atoms in total. The minimum absolute atomic E-state index is 0.504. The van der Waals surface area contributed by atoms with Gasteiger partial charge in [0.05, 0.1) is 0 Å². The van der Waals surface area contributed by atoms with Gasteiger partial charge >= 0.3 is 0 Å². The maximum absolute atomic E-state index is 3.58.